The van der Waals surface area contributed by atoms with Crippen LogP contribution in [0.4, 0.5) is 23.7 Å². The number of amides is 1. The molecule has 0 radical (unpaired) electrons. The highest BCUT2D eigenvalue weighted by Gasteiger charge is 2.31. The number of rotatable bonds is 3. The summed E-state index contributed by atoms with van der Waals surface area (Å²) in [4.78, 5) is 15.2. The van der Waals surface area contributed by atoms with Crippen molar-refractivity contribution >= 4 is 23.4 Å². The third-order valence-corrected chi connectivity index (χ3v) is 3.28. The van der Waals surface area contributed by atoms with Crippen molar-refractivity contribution in [3.05, 3.63) is 52.8 Å². The molecule has 1 aromatic heterocycles. The second-order valence-corrected chi connectivity index (χ2v) is 5.19. The van der Waals surface area contributed by atoms with Gasteiger partial charge in [0.2, 0.25) is 0 Å². The molecule has 0 atom stereocenters. The van der Waals surface area contributed by atoms with Gasteiger partial charge in [-0.05, 0) is 36.3 Å². The Morgan fingerprint density at radius 2 is 2.00 bits per heavy atom. The monoisotopic (exact) mass is 384 g/mol. The van der Waals surface area contributed by atoms with E-state index in [1.165, 1.54) is 7.11 Å². The van der Waals surface area contributed by atoms with Gasteiger partial charge in [-0.25, -0.2) is 9.78 Å². The lowest BCUT2D eigenvalue weighted by molar-refractivity contribution is -0.137. The highest BCUT2D eigenvalue weighted by Crippen LogP contribution is 2.30. The first-order valence-electron chi connectivity index (χ1n) is 7.09. The number of ether oxygens (including phenoxy) is 2. The smallest absolute Gasteiger partial charge is 0.417 e. The van der Waals surface area contributed by atoms with E-state index in [0.717, 1.165) is 6.07 Å². The minimum Gasteiger partial charge on any atom is -0.497 e. The lowest BCUT2D eigenvalue weighted by Gasteiger charge is -2.06. The van der Waals surface area contributed by atoms with Crippen molar-refractivity contribution in [2.75, 3.05) is 19.0 Å². The summed E-state index contributed by atoms with van der Waals surface area (Å²) < 4.78 is 47.4. The van der Waals surface area contributed by atoms with Crippen LogP contribution in [0.15, 0.2) is 36.5 Å². The minimum atomic E-state index is -4.54. The van der Waals surface area contributed by atoms with Gasteiger partial charge >= 0.3 is 12.3 Å². The Bertz CT molecular complexity index is 843. The van der Waals surface area contributed by atoms with Crippen LogP contribution < -0.4 is 10.1 Å². The average molecular weight is 385 g/mol. The lowest BCUT2D eigenvalue weighted by Crippen LogP contribution is -2.13. The van der Waals surface area contributed by atoms with E-state index in [1.807, 2.05) is 0 Å². The molecule has 0 fully saturated rings. The Balaban J connectivity index is 1.88. The Labute approximate surface area is 152 Å². The van der Waals surface area contributed by atoms with Crippen LogP contribution >= 0.6 is 11.6 Å². The van der Waals surface area contributed by atoms with E-state index in [0.29, 0.717) is 17.6 Å². The Kier molecular flexibility index (Phi) is 6.31. The fourth-order valence-corrected chi connectivity index (χ4v) is 1.95. The molecule has 0 aliphatic rings. The third kappa shape index (κ3) is 5.57. The Morgan fingerprint density at radius 3 is 2.58 bits per heavy atom. The predicted octanol–water partition coefficient (Wildman–Crippen LogP) is 4.36. The number of nitrogens with zero attached hydrogens (tertiary/aromatic N) is 1. The van der Waals surface area contributed by atoms with Gasteiger partial charge in [0, 0.05) is 11.9 Å². The average Bonchev–Trinajstić information content (AvgIpc) is 2.59. The molecule has 0 saturated heterocycles. The van der Waals surface area contributed by atoms with Gasteiger partial charge in [-0.1, -0.05) is 17.5 Å². The second-order valence-electron chi connectivity index (χ2n) is 4.78. The van der Waals surface area contributed by atoms with E-state index in [9.17, 15) is 18.0 Å². The van der Waals surface area contributed by atoms with Gasteiger partial charge in [-0.15, -0.1) is 0 Å². The summed E-state index contributed by atoms with van der Waals surface area (Å²) in [7, 11) is 1.52. The molecule has 1 N–H and O–H groups in total. The fourth-order valence-electron chi connectivity index (χ4n) is 1.73. The van der Waals surface area contributed by atoms with Gasteiger partial charge in [0.15, 0.2) is 6.61 Å². The molecule has 0 saturated carbocycles. The fraction of sp³-hybridized carbons (Fsp3) is 0.176. The number of aromatic nitrogens is 1. The van der Waals surface area contributed by atoms with Gasteiger partial charge in [0.05, 0.1) is 17.7 Å². The number of nitrogens with one attached hydrogen (secondary N) is 1. The maximum atomic E-state index is 12.5. The number of halogens is 4. The van der Waals surface area contributed by atoms with E-state index < -0.39 is 17.8 Å². The highest BCUT2D eigenvalue weighted by atomic mass is 35.5. The summed E-state index contributed by atoms with van der Waals surface area (Å²) in [5.74, 6) is 5.53. The highest BCUT2D eigenvalue weighted by molar-refractivity contribution is 6.31. The zero-order chi connectivity index (χ0) is 19.2. The molecular formula is C17H12ClF3N2O3. The number of carbonyl (C=O) groups excluding carboxylic acids is 1. The molecule has 136 valence electrons. The maximum absolute atomic E-state index is 12.5. The molecule has 2 aromatic rings. The molecule has 0 aliphatic heterocycles. The largest absolute Gasteiger partial charge is 0.497 e. The van der Waals surface area contributed by atoms with Crippen LogP contribution in [-0.4, -0.2) is 24.8 Å². The Morgan fingerprint density at radius 1 is 1.31 bits per heavy atom. The molecule has 9 heteroatoms. The molecular weight excluding hydrogens is 373 g/mol. The van der Waals surface area contributed by atoms with Gasteiger partial charge in [0.1, 0.15) is 11.4 Å². The standard InChI is InChI=1S/C17H12ClF3N2O3/c1-25-13-6-4-12(5-7-13)23-16(24)26-8-2-3-15-14(18)9-11(10-22-15)17(19,20)21/h4-7,9-10H,8H2,1H3,(H,23,24). The molecule has 0 bridgehead atoms. The zero-order valence-corrected chi connectivity index (χ0v) is 14.1. The summed E-state index contributed by atoms with van der Waals surface area (Å²) in [6.45, 7) is -0.291. The minimum absolute atomic E-state index is 0.0428. The van der Waals surface area contributed by atoms with Gasteiger partial charge < -0.3 is 9.47 Å². The number of benzene rings is 1. The van der Waals surface area contributed by atoms with Gasteiger partial charge in [0.25, 0.3) is 0 Å². The van der Waals surface area contributed by atoms with Crippen LogP contribution in [0.2, 0.25) is 5.02 Å². The van der Waals surface area contributed by atoms with Gasteiger partial charge in [-0.2, -0.15) is 13.2 Å². The normalized spacial score (nSPS) is 10.5. The van der Waals surface area contributed by atoms with E-state index >= 15 is 0 Å². The Hall–Kier alpha value is -2.92. The van der Waals surface area contributed by atoms with Crippen LogP contribution in [0.3, 0.4) is 0 Å². The van der Waals surface area contributed by atoms with Crippen molar-refractivity contribution < 1.29 is 27.4 Å². The number of hydrogen-bond acceptors (Lipinski definition) is 4. The molecule has 1 aromatic carbocycles. The zero-order valence-electron chi connectivity index (χ0n) is 13.4. The molecule has 0 unspecified atom stereocenters. The summed E-state index contributed by atoms with van der Waals surface area (Å²) in [6, 6.07) is 7.30. The summed E-state index contributed by atoms with van der Waals surface area (Å²) in [5.41, 5.74) is -0.516. The van der Waals surface area contributed by atoms with E-state index in [1.54, 1.807) is 24.3 Å². The summed E-state index contributed by atoms with van der Waals surface area (Å²) in [6.07, 6.45) is -4.64. The van der Waals surface area contributed by atoms with Crippen molar-refractivity contribution in [1.82, 2.24) is 4.98 Å². The first kappa shape index (κ1) is 19.4. The van der Waals surface area contributed by atoms with Crippen molar-refractivity contribution in [2.45, 2.75) is 6.18 Å². The molecule has 5 nitrogen and oxygen atoms in total. The molecule has 2 rings (SSSR count). The van der Waals surface area contributed by atoms with Crippen molar-refractivity contribution in [1.29, 1.82) is 0 Å². The van der Waals surface area contributed by atoms with Crippen LogP contribution in [0, 0.1) is 11.8 Å². The number of hydrogen-bond donors (Lipinski definition) is 1. The quantitative estimate of drug-likeness (QED) is 0.799. The lowest BCUT2D eigenvalue weighted by atomic mass is 10.2. The molecule has 0 aliphatic carbocycles. The van der Waals surface area contributed by atoms with E-state index in [4.69, 9.17) is 21.1 Å². The van der Waals surface area contributed by atoms with Gasteiger partial charge in [-0.3, -0.25) is 5.32 Å². The molecule has 0 spiro atoms. The van der Waals surface area contributed by atoms with E-state index in [-0.39, 0.29) is 17.3 Å². The van der Waals surface area contributed by atoms with Crippen molar-refractivity contribution in [2.24, 2.45) is 0 Å². The third-order valence-electron chi connectivity index (χ3n) is 2.99. The first-order chi connectivity index (χ1) is 12.3. The molecule has 1 amide bonds. The number of alkyl halides is 3. The first-order valence-corrected chi connectivity index (χ1v) is 7.47. The van der Waals surface area contributed by atoms with Crippen LogP contribution in [0.1, 0.15) is 11.3 Å². The van der Waals surface area contributed by atoms with Crippen LogP contribution in [0.5, 0.6) is 5.75 Å². The van der Waals surface area contributed by atoms with Crippen LogP contribution in [0.25, 0.3) is 0 Å². The van der Waals surface area contributed by atoms with E-state index in [2.05, 4.69) is 22.1 Å². The second kappa shape index (κ2) is 8.45. The molecule has 26 heavy (non-hydrogen) atoms. The SMILES string of the molecule is COc1ccc(NC(=O)OCC#Cc2ncc(C(F)(F)F)cc2Cl)cc1. The predicted molar refractivity (Wildman–Crippen MR) is 89.1 cm³/mol. The van der Waals surface area contributed by atoms with Crippen LogP contribution in [-0.2, 0) is 10.9 Å². The summed E-state index contributed by atoms with van der Waals surface area (Å²) >= 11 is 5.71. The van der Waals surface area contributed by atoms with Crippen molar-refractivity contribution in [3.63, 3.8) is 0 Å². The number of carbonyl (C=O) groups is 1. The topological polar surface area (TPSA) is 60.5 Å². The maximum Gasteiger partial charge on any atom is 0.417 e. The number of anilines is 1. The molecule has 1 heterocycles. The number of pyridine rings is 1. The number of methoxy groups -OCH3 is 1. The van der Waals surface area contributed by atoms with Crippen molar-refractivity contribution in [3.8, 4) is 17.6 Å². The summed E-state index contributed by atoms with van der Waals surface area (Å²) in [5, 5.41) is 2.24.